The van der Waals surface area contributed by atoms with E-state index in [0.29, 0.717) is 0 Å². The fourth-order valence-corrected chi connectivity index (χ4v) is 0. The van der Waals surface area contributed by atoms with Crippen molar-refractivity contribution in [2.45, 2.75) is 0 Å². The van der Waals surface area contributed by atoms with E-state index in [1.807, 2.05) is 0 Å². The molecule has 21 valence electrons. The first kappa shape index (κ1) is 39.7. The van der Waals surface area contributed by atoms with Crippen LogP contribution in [0.5, 0.6) is 0 Å². The molecule has 0 aliphatic rings. The Morgan fingerprint density at radius 2 is 1.00 bits per heavy atom. The van der Waals surface area contributed by atoms with Crippen molar-refractivity contribution >= 4 is 29.8 Å². The minimum atomic E-state index is 0. The molecule has 2 N–H and O–H groups in total. The van der Waals surface area contributed by atoms with Gasteiger partial charge < -0.3 is 5.48 Å². The smallest absolute Gasteiger partial charge is 0 e. The van der Waals surface area contributed by atoms with E-state index in [1.54, 1.807) is 0 Å². The average Bonchev–Trinajstić information content (AvgIpc) is 0. The van der Waals surface area contributed by atoms with Crippen LogP contribution in [0, 0.1) is 0 Å². The molecular weight excluding hydrogens is 140 g/mol. The molecule has 0 aromatic heterocycles. The summed E-state index contributed by atoms with van der Waals surface area (Å²) in [5.41, 5.74) is 0. The molecule has 0 fully saturated rings. The predicted octanol–water partition coefficient (Wildman–Crippen LogP) is -2.93. The van der Waals surface area contributed by atoms with Crippen LogP contribution in [0.2, 0.25) is 0 Å². The first-order chi connectivity index (χ1) is 0. The van der Waals surface area contributed by atoms with Gasteiger partial charge in [0.25, 0.3) is 0 Å². The summed E-state index contributed by atoms with van der Waals surface area (Å²) >= 11 is 0. The van der Waals surface area contributed by atoms with Crippen LogP contribution >= 0.6 is 0 Å². The Kier molecular flexibility index (Phi) is 206. The van der Waals surface area contributed by atoms with Gasteiger partial charge in [-0.05, 0) is 11.0 Å². The average molecular weight is 147 g/mol. The van der Waals surface area contributed by atoms with Crippen LogP contribution < -0.4 is 0 Å². The van der Waals surface area contributed by atoms with Crippen molar-refractivity contribution < 1.29 is 38.2 Å². The maximum absolute atomic E-state index is 0. The summed E-state index contributed by atoms with van der Waals surface area (Å²) in [7, 11) is 0. The zero-order chi connectivity index (χ0) is 0. The summed E-state index contributed by atoms with van der Waals surface area (Å²) in [6.45, 7) is 0. The van der Waals surface area contributed by atoms with Gasteiger partial charge in [-0.15, -0.1) is 0 Å². The molecule has 0 heterocycles. The molecule has 4 heavy (non-hydrogen) atoms. The summed E-state index contributed by atoms with van der Waals surface area (Å²) < 4.78 is 0. The van der Waals surface area contributed by atoms with Gasteiger partial charge in [0.15, 0.2) is 0 Å². The molecule has 0 aliphatic heterocycles. The van der Waals surface area contributed by atoms with Gasteiger partial charge in [0, 0.05) is 32.7 Å². The fourth-order valence-electron chi connectivity index (χ4n) is 0. The maximum atomic E-state index is 0. The molecule has 1 radical (unpaired) electrons. The topological polar surface area (TPSA) is 31.5 Å². The number of hydrogen-bond acceptors (Lipinski definition) is 0. The molecular formula is H7LiOSiY. The first-order valence-electron chi connectivity index (χ1n) is 0. The Morgan fingerprint density at radius 1 is 1.00 bits per heavy atom. The minimum Gasteiger partial charge on any atom is -0.0149 e. The Morgan fingerprint density at radius 3 is 1.00 bits per heavy atom. The molecule has 0 aliphatic carbocycles. The van der Waals surface area contributed by atoms with E-state index >= 15 is 0 Å². The summed E-state index contributed by atoms with van der Waals surface area (Å²) in [6, 6.07) is 0. The Bertz CT molecular complexity index is 8.00. The van der Waals surface area contributed by atoms with Gasteiger partial charge in [-0.25, -0.2) is 0 Å². The van der Waals surface area contributed by atoms with Crippen LogP contribution in [-0.4, -0.2) is 35.3 Å². The third-order valence-corrected chi connectivity index (χ3v) is 0. The first-order valence-corrected chi connectivity index (χ1v) is 0. The van der Waals surface area contributed by atoms with Crippen molar-refractivity contribution in [2.24, 2.45) is 0 Å². The normalized spacial score (nSPS) is 0. The monoisotopic (exact) mass is 147 g/mol. The molecule has 0 atom stereocenters. The number of rotatable bonds is 0. The van der Waals surface area contributed by atoms with Gasteiger partial charge >= 0.3 is 18.9 Å². The SMILES string of the molecule is O.[LiH].[SiH4].[Y]. The molecule has 0 aromatic rings. The number of hydrogen-bond donors (Lipinski definition) is 0. The van der Waals surface area contributed by atoms with Gasteiger partial charge in [-0.2, -0.15) is 0 Å². The Balaban J connectivity index is 0. The van der Waals surface area contributed by atoms with Crippen LogP contribution in [0.3, 0.4) is 0 Å². The molecule has 0 saturated carbocycles. The van der Waals surface area contributed by atoms with Gasteiger partial charge in [0.05, 0.1) is 0 Å². The summed E-state index contributed by atoms with van der Waals surface area (Å²) in [6.07, 6.45) is 0. The molecule has 0 aromatic carbocycles. The van der Waals surface area contributed by atoms with E-state index in [4.69, 9.17) is 0 Å². The quantitative estimate of drug-likeness (QED) is 0.328. The van der Waals surface area contributed by atoms with Crippen LogP contribution in [0.15, 0.2) is 0 Å². The van der Waals surface area contributed by atoms with E-state index in [9.17, 15) is 0 Å². The standard InChI is InChI=1S/Li.H2O.H4Si.Y.H/h;1H2;1H4;;. The zero-order valence-electron chi connectivity index (χ0n) is 1.08. The predicted molar refractivity (Wildman–Crippen MR) is 22.1 cm³/mol. The van der Waals surface area contributed by atoms with Crippen LogP contribution in [0.1, 0.15) is 0 Å². The summed E-state index contributed by atoms with van der Waals surface area (Å²) in [5.74, 6) is 0. The van der Waals surface area contributed by atoms with Gasteiger partial charge in [-0.3, -0.25) is 0 Å². The van der Waals surface area contributed by atoms with Crippen LogP contribution in [-0.2, 0) is 32.7 Å². The largest absolute Gasteiger partial charge is 0.0149 e. The fraction of sp³-hybridized carbons (Fsp3) is 0. The van der Waals surface area contributed by atoms with Crippen LogP contribution in [0.4, 0.5) is 0 Å². The summed E-state index contributed by atoms with van der Waals surface area (Å²) in [5, 5.41) is 0. The van der Waals surface area contributed by atoms with Gasteiger partial charge in [0.2, 0.25) is 0 Å². The Labute approximate surface area is 67.3 Å². The molecule has 4 heteroatoms. The van der Waals surface area contributed by atoms with Gasteiger partial charge in [0.1, 0.15) is 0 Å². The molecule has 0 rings (SSSR count). The van der Waals surface area contributed by atoms with E-state index in [0.717, 1.165) is 0 Å². The molecule has 0 spiro atoms. The zero-order valence-corrected chi connectivity index (χ0v) is 3.92. The van der Waals surface area contributed by atoms with E-state index in [1.165, 1.54) is 0 Å². The second-order valence-electron chi connectivity index (χ2n) is 0. The third-order valence-electron chi connectivity index (χ3n) is 0. The van der Waals surface area contributed by atoms with Crippen molar-refractivity contribution in [3.8, 4) is 0 Å². The molecule has 0 amide bonds. The molecule has 0 unspecified atom stereocenters. The van der Waals surface area contributed by atoms with Crippen molar-refractivity contribution in [3.05, 3.63) is 0 Å². The maximum Gasteiger partial charge on any atom is 0 e. The van der Waals surface area contributed by atoms with Gasteiger partial charge in [-0.1, -0.05) is 0 Å². The second kappa shape index (κ2) is 20.8. The van der Waals surface area contributed by atoms with Crippen molar-refractivity contribution in [1.82, 2.24) is 0 Å². The van der Waals surface area contributed by atoms with E-state index in [-0.39, 0.29) is 68.0 Å². The Hall–Kier alpha value is 1.88. The van der Waals surface area contributed by atoms with E-state index in [2.05, 4.69) is 0 Å². The minimum absolute atomic E-state index is 0. The van der Waals surface area contributed by atoms with Crippen molar-refractivity contribution in [3.63, 3.8) is 0 Å². The second-order valence-corrected chi connectivity index (χ2v) is 0. The molecule has 1 nitrogen and oxygen atoms in total. The molecule has 0 bridgehead atoms. The third kappa shape index (κ3) is 9.11. The van der Waals surface area contributed by atoms with Crippen LogP contribution in [0.25, 0.3) is 0 Å². The van der Waals surface area contributed by atoms with E-state index < -0.39 is 0 Å². The van der Waals surface area contributed by atoms with Crippen molar-refractivity contribution in [1.29, 1.82) is 0 Å². The van der Waals surface area contributed by atoms with Crippen molar-refractivity contribution in [2.75, 3.05) is 0 Å². The molecule has 0 saturated heterocycles. The summed E-state index contributed by atoms with van der Waals surface area (Å²) in [4.78, 5) is 0.